The lowest BCUT2D eigenvalue weighted by atomic mass is 10.1. The average molecular weight is 364 g/mol. The largest absolute Gasteiger partial charge is 0.331 e. The first-order valence-electron chi connectivity index (χ1n) is 9.62. The van der Waals surface area contributed by atoms with Crippen LogP contribution in [0.2, 0.25) is 0 Å². The van der Waals surface area contributed by atoms with Gasteiger partial charge in [0, 0.05) is 17.9 Å². The molecule has 0 aliphatic heterocycles. The lowest BCUT2D eigenvalue weighted by Gasteiger charge is -2.10. The van der Waals surface area contributed by atoms with Crippen molar-refractivity contribution in [1.82, 2.24) is 14.1 Å². The lowest BCUT2D eigenvalue weighted by molar-refractivity contribution is -0.116. The zero-order valence-electron chi connectivity index (χ0n) is 15.5. The second-order valence-electron chi connectivity index (χ2n) is 7.13. The van der Waals surface area contributed by atoms with Crippen LogP contribution in [0, 0.1) is 0 Å². The van der Waals surface area contributed by atoms with Gasteiger partial charge in [-0.25, -0.2) is 9.78 Å². The van der Waals surface area contributed by atoms with Gasteiger partial charge >= 0.3 is 5.69 Å². The number of amides is 1. The van der Waals surface area contributed by atoms with Crippen LogP contribution in [-0.2, 0) is 17.8 Å². The molecule has 1 aliphatic carbocycles. The molecule has 1 N–H and O–H groups in total. The topological polar surface area (TPSA) is 68.9 Å². The number of imidazole rings is 1. The Bertz CT molecular complexity index is 1030. The first-order valence-corrected chi connectivity index (χ1v) is 9.62. The first-order chi connectivity index (χ1) is 13.2. The average Bonchev–Trinajstić information content (AvgIpc) is 3.29. The van der Waals surface area contributed by atoms with E-state index in [-0.39, 0.29) is 24.2 Å². The monoisotopic (exact) mass is 364 g/mol. The quantitative estimate of drug-likeness (QED) is 0.753. The molecular weight excluding hydrogens is 340 g/mol. The summed E-state index contributed by atoms with van der Waals surface area (Å²) in [5, 5.41) is 2.91. The predicted molar refractivity (Wildman–Crippen MR) is 106 cm³/mol. The molecule has 27 heavy (non-hydrogen) atoms. The number of anilines is 1. The number of rotatable bonds is 5. The zero-order valence-corrected chi connectivity index (χ0v) is 15.5. The van der Waals surface area contributed by atoms with Crippen LogP contribution in [0.15, 0.2) is 47.4 Å². The highest BCUT2D eigenvalue weighted by molar-refractivity contribution is 5.91. The SMILES string of the molecule is CCc1cccc(NC(=O)Cn2c(=O)n(C3CCCC3)c3ncccc32)c1. The van der Waals surface area contributed by atoms with Crippen LogP contribution in [0.4, 0.5) is 5.69 Å². The van der Waals surface area contributed by atoms with Crippen LogP contribution in [0.3, 0.4) is 0 Å². The van der Waals surface area contributed by atoms with Crippen molar-refractivity contribution in [3.63, 3.8) is 0 Å². The molecule has 1 amide bonds. The fraction of sp³-hybridized carbons (Fsp3) is 0.381. The van der Waals surface area contributed by atoms with Gasteiger partial charge in [-0.2, -0.15) is 0 Å². The van der Waals surface area contributed by atoms with Crippen molar-refractivity contribution in [3.05, 3.63) is 58.6 Å². The number of carbonyl (C=O) groups excluding carboxylic acids is 1. The normalized spacial score (nSPS) is 14.7. The van der Waals surface area contributed by atoms with E-state index in [1.165, 1.54) is 0 Å². The molecule has 1 saturated carbocycles. The van der Waals surface area contributed by atoms with Gasteiger partial charge in [0.25, 0.3) is 0 Å². The minimum absolute atomic E-state index is 0.0168. The number of benzene rings is 1. The molecule has 3 aromatic rings. The number of aryl methyl sites for hydroxylation is 1. The van der Waals surface area contributed by atoms with Crippen molar-refractivity contribution in [2.45, 2.75) is 51.6 Å². The number of carbonyl (C=O) groups is 1. The molecule has 4 rings (SSSR count). The molecular formula is C21H24N4O2. The molecule has 0 bridgehead atoms. The molecule has 140 valence electrons. The summed E-state index contributed by atoms with van der Waals surface area (Å²) in [6.45, 7) is 2.06. The van der Waals surface area contributed by atoms with Crippen LogP contribution >= 0.6 is 0 Å². The molecule has 2 aromatic heterocycles. The lowest BCUT2D eigenvalue weighted by Crippen LogP contribution is -2.30. The maximum absolute atomic E-state index is 13.1. The smallest absolute Gasteiger partial charge is 0.325 e. The van der Waals surface area contributed by atoms with Gasteiger partial charge in [-0.15, -0.1) is 0 Å². The zero-order chi connectivity index (χ0) is 18.8. The number of fused-ring (bicyclic) bond motifs is 1. The van der Waals surface area contributed by atoms with E-state index < -0.39 is 0 Å². The molecule has 0 atom stereocenters. The summed E-state index contributed by atoms with van der Waals surface area (Å²) < 4.78 is 3.33. The van der Waals surface area contributed by atoms with Gasteiger partial charge in [0.05, 0.1) is 5.52 Å². The summed E-state index contributed by atoms with van der Waals surface area (Å²) in [6, 6.07) is 11.6. The summed E-state index contributed by atoms with van der Waals surface area (Å²) in [7, 11) is 0. The van der Waals surface area contributed by atoms with Crippen molar-refractivity contribution in [3.8, 4) is 0 Å². The van der Waals surface area contributed by atoms with Gasteiger partial charge < -0.3 is 5.32 Å². The van der Waals surface area contributed by atoms with Gasteiger partial charge in [-0.3, -0.25) is 13.9 Å². The van der Waals surface area contributed by atoms with Crippen molar-refractivity contribution in [1.29, 1.82) is 0 Å². The second-order valence-corrected chi connectivity index (χ2v) is 7.13. The fourth-order valence-electron chi connectivity index (χ4n) is 3.97. The molecule has 1 aliphatic rings. The molecule has 0 radical (unpaired) electrons. The van der Waals surface area contributed by atoms with E-state index in [4.69, 9.17) is 0 Å². The Hall–Kier alpha value is -2.89. The van der Waals surface area contributed by atoms with E-state index in [0.29, 0.717) is 11.2 Å². The van der Waals surface area contributed by atoms with Crippen molar-refractivity contribution >= 4 is 22.8 Å². The van der Waals surface area contributed by atoms with E-state index in [1.807, 2.05) is 30.3 Å². The summed E-state index contributed by atoms with van der Waals surface area (Å²) in [5.74, 6) is -0.209. The van der Waals surface area contributed by atoms with E-state index in [2.05, 4.69) is 17.2 Å². The third-order valence-corrected chi connectivity index (χ3v) is 5.33. The Morgan fingerprint density at radius 3 is 2.81 bits per heavy atom. The minimum Gasteiger partial charge on any atom is -0.325 e. The van der Waals surface area contributed by atoms with Crippen LogP contribution < -0.4 is 11.0 Å². The van der Waals surface area contributed by atoms with Gasteiger partial charge in [-0.05, 0) is 49.1 Å². The third-order valence-electron chi connectivity index (χ3n) is 5.33. The second kappa shape index (κ2) is 7.39. The van der Waals surface area contributed by atoms with E-state index in [0.717, 1.165) is 43.4 Å². The number of hydrogen-bond acceptors (Lipinski definition) is 3. The Morgan fingerprint density at radius 1 is 1.22 bits per heavy atom. The maximum atomic E-state index is 13.1. The highest BCUT2D eigenvalue weighted by Crippen LogP contribution is 2.30. The summed E-state index contributed by atoms with van der Waals surface area (Å²) in [6.07, 6.45) is 6.85. The molecule has 1 aromatic carbocycles. The third kappa shape index (κ3) is 3.39. The van der Waals surface area contributed by atoms with Crippen LogP contribution in [0.25, 0.3) is 11.2 Å². The van der Waals surface area contributed by atoms with Crippen molar-refractivity contribution in [2.24, 2.45) is 0 Å². The van der Waals surface area contributed by atoms with Gasteiger partial charge in [-0.1, -0.05) is 31.9 Å². The van der Waals surface area contributed by atoms with Crippen molar-refractivity contribution < 1.29 is 4.79 Å². The molecule has 0 spiro atoms. The Labute approximate surface area is 157 Å². The minimum atomic E-state index is -0.209. The van der Waals surface area contributed by atoms with Crippen LogP contribution in [-0.4, -0.2) is 20.0 Å². The van der Waals surface area contributed by atoms with Crippen LogP contribution in [0.5, 0.6) is 0 Å². The maximum Gasteiger partial charge on any atom is 0.331 e. The number of nitrogens with one attached hydrogen (secondary N) is 1. The summed E-state index contributed by atoms with van der Waals surface area (Å²) >= 11 is 0. The van der Waals surface area contributed by atoms with Gasteiger partial charge in [0.1, 0.15) is 6.54 Å². The van der Waals surface area contributed by atoms with Gasteiger partial charge in [0.2, 0.25) is 5.91 Å². The number of aromatic nitrogens is 3. The predicted octanol–water partition coefficient (Wildman–Crippen LogP) is 3.51. The fourth-order valence-corrected chi connectivity index (χ4v) is 3.97. The summed E-state index contributed by atoms with van der Waals surface area (Å²) in [4.78, 5) is 30.1. The van der Waals surface area contributed by atoms with Gasteiger partial charge in [0.15, 0.2) is 5.65 Å². The van der Waals surface area contributed by atoms with E-state index in [1.54, 1.807) is 21.4 Å². The molecule has 2 heterocycles. The Balaban J connectivity index is 1.64. The Kier molecular flexibility index (Phi) is 4.79. The molecule has 1 fully saturated rings. The number of nitrogens with zero attached hydrogens (tertiary/aromatic N) is 3. The standard InChI is InChI=1S/C21H24N4O2/c1-2-15-7-5-8-16(13-15)23-19(26)14-24-18-11-6-12-22-20(18)25(21(24)27)17-9-3-4-10-17/h5-8,11-13,17H,2-4,9-10,14H2,1H3,(H,23,26). The highest BCUT2D eigenvalue weighted by Gasteiger charge is 2.24. The molecule has 0 saturated heterocycles. The van der Waals surface area contributed by atoms with E-state index >= 15 is 0 Å². The highest BCUT2D eigenvalue weighted by atomic mass is 16.2. The summed E-state index contributed by atoms with van der Waals surface area (Å²) in [5.41, 5.74) is 3.16. The number of hydrogen-bond donors (Lipinski definition) is 1. The Morgan fingerprint density at radius 2 is 2.04 bits per heavy atom. The first kappa shape index (κ1) is 17.5. The number of pyridine rings is 1. The van der Waals surface area contributed by atoms with Crippen molar-refractivity contribution in [2.75, 3.05) is 5.32 Å². The molecule has 6 nitrogen and oxygen atoms in total. The van der Waals surface area contributed by atoms with Crippen LogP contribution in [0.1, 0.15) is 44.2 Å². The molecule has 0 unspecified atom stereocenters. The molecule has 6 heteroatoms. The van der Waals surface area contributed by atoms with E-state index in [9.17, 15) is 9.59 Å².